The molecule has 0 atom stereocenters. The summed E-state index contributed by atoms with van der Waals surface area (Å²) in [4.78, 5) is 26.0. The van der Waals surface area contributed by atoms with Gasteiger partial charge in [-0.25, -0.2) is 0 Å². The second-order valence-electron chi connectivity index (χ2n) is 3.95. The van der Waals surface area contributed by atoms with Crippen LogP contribution in [0.25, 0.3) is 0 Å². The topological polar surface area (TPSA) is 66.6 Å². The maximum Gasteiger partial charge on any atom is 0.236 e. The Labute approximate surface area is 90.2 Å². The average Bonchev–Trinajstić information content (AvgIpc) is 2.27. The van der Waals surface area contributed by atoms with Gasteiger partial charge in [-0.1, -0.05) is 0 Å². The van der Waals surface area contributed by atoms with E-state index in [9.17, 15) is 9.59 Å². The zero-order valence-electron chi connectivity index (χ0n) is 9.40. The number of nitrogens with two attached hydrogens (primary N) is 1. The van der Waals surface area contributed by atoms with Gasteiger partial charge in [-0.05, 0) is 12.8 Å². The third kappa shape index (κ3) is 2.92. The van der Waals surface area contributed by atoms with E-state index in [0.717, 1.165) is 12.8 Å². The minimum absolute atomic E-state index is 0.000993. The van der Waals surface area contributed by atoms with E-state index in [-0.39, 0.29) is 24.4 Å². The number of amides is 2. The fraction of sp³-hybridized carbons (Fsp3) is 0.800. The van der Waals surface area contributed by atoms with Crippen LogP contribution in [0.3, 0.4) is 0 Å². The number of rotatable bonds is 2. The van der Waals surface area contributed by atoms with Crippen molar-refractivity contribution in [1.29, 1.82) is 0 Å². The molecule has 5 nitrogen and oxygen atoms in total. The van der Waals surface area contributed by atoms with Gasteiger partial charge < -0.3 is 15.5 Å². The molecule has 86 valence electrons. The van der Waals surface area contributed by atoms with Crippen LogP contribution in [0.2, 0.25) is 0 Å². The number of hydrogen-bond acceptors (Lipinski definition) is 3. The second-order valence-corrected chi connectivity index (χ2v) is 3.95. The van der Waals surface area contributed by atoms with E-state index in [1.807, 2.05) is 7.05 Å². The summed E-state index contributed by atoms with van der Waals surface area (Å²) in [5, 5.41) is 0. The van der Waals surface area contributed by atoms with Crippen molar-refractivity contribution in [1.82, 2.24) is 9.80 Å². The van der Waals surface area contributed by atoms with Gasteiger partial charge in [0, 0.05) is 33.1 Å². The van der Waals surface area contributed by atoms with Gasteiger partial charge in [-0.15, -0.1) is 0 Å². The molecule has 0 bridgehead atoms. The molecule has 1 heterocycles. The lowest BCUT2D eigenvalue weighted by Crippen LogP contribution is -2.48. The van der Waals surface area contributed by atoms with Gasteiger partial charge >= 0.3 is 0 Å². The van der Waals surface area contributed by atoms with Crippen LogP contribution in [0.4, 0.5) is 0 Å². The molecule has 0 aromatic heterocycles. The molecule has 0 aromatic rings. The number of carbonyl (C=O) groups is 2. The first kappa shape index (κ1) is 12.0. The molecule has 0 radical (unpaired) electrons. The molecular weight excluding hydrogens is 194 g/mol. The molecule has 5 heteroatoms. The van der Waals surface area contributed by atoms with E-state index < -0.39 is 0 Å². The predicted molar refractivity (Wildman–Crippen MR) is 57.1 cm³/mol. The summed E-state index contributed by atoms with van der Waals surface area (Å²) in [5.74, 6) is 0.0810. The highest BCUT2D eigenvalue weighted by Gasteiger charge is 2.25. The van der Waals surface area contributed by atoms with Crippen LogP contribution in [0.15, 0.2) is 0 Å². The van der Waals surface area contributed by atoms with E-state index >= 15 is 0 Å². The first-order chi connectivity index (χ1) is 7.06. The second kappa shape index (κ2) is 5.11. The molecule has 0 spiro atoms. The average molecular weight is 213 g/mol. The fourth-order valence-corrected chi connectivity index (χ4v) is 1.89. The lowest BCUT2D eigenvalue weighted by Gasteiger charge is -2.36. The molecule has 1 aliphatic heterocycles. The first-order valence-corrected chi connectivity index (χ1v) is 5.27. The summed E-state index contributed by atoms with van der Waals surface area (Å²) in [6.45, 7) is 3.06. The fourth-order valence-electron chi connectivity index (χ4n) is 1.89. The Balaban J connectivity index is 2.42. The number of carbonyl (C=O) groups excluding carboxylic acids is 2. The summed E-state index contributed by atoms with van der Waals surface area (Å²) >= 11 is 0. The molecule has 0 saturated carbocycles. The number of likely N-dealkylation sites (tertiary alicyclic amines) is 1. The van der Waals surface area contributed by atoms with Crippen LogP contribution in [0.5, 0.6) is 0 Å². The Kier molecular flexibility index (Phi) is 4.08. The molecule has 0 unspecified atom stereocenters. The Morgan fingerprint density at radius 1 is 1.40 bits per heavy atom. The molecule has 2 amide bonds. The summed E-state index contributed by atoms with van der Waals surface area (Å²) in [6.07, 6.45) is 1.70. The number of nitrogens with zero attached hydrogens (tertiary/aromatic N) is 2. The van der Waals surface area contributed by atoms with Crippen molar-refractivity contribution in [3.8, 4) is 0 Å². The van der Waals surface area contributed by atoms with E-state index in [0.29, 0.717) is 13.1 Å². The predicted octanol–water partition coefficient (Wildman–Crippen LogP) is -0.586. The zero-order valence-corrected chi connectivity index (χ0v) is 9.40. The van der Waals surface area contributed by atoms with Crippen LogP contribution in [0, 0.1) is 0 Å². The van der Waals surface area contributed by atoms with Gasteiger partial charge in [0.2, 0.25) is 11.8 Å². The molecular formula is C10H19N3O2. The van der Waals surface area contributed by atoms with E-state index in [1.165, 1.54) is 0 Å². The van der Waals surface area contributed by atoms with Crippen LogP contribution >= 0.6 is 0 Å². The monoisotopic (exact) mass is 213 g/mol. The van der Waals surface area contributed by atoms with Gasteiger partial charge in [0.25, 0.3) is 0 Å². The van der Waals surface area contributed by atoms with Crippen LogP contribution in [0.1, 0.15) is 19.8 Å². The third-order valence-electron chi connectivity index (χ3n) is 3.04. The summed E-state index contributed by atoms with van der Waals surface area (Å²) < 4.78 is 0. The molecule has 1 rings (SSSR count). The quantitative estimate of drug-likeness (QED) is 0.667. The summed E-state index contributed by atoms with van der Waals surface area (Å²) in [5.41, 5.74) is 5.29. The van der Waals surface area contributed by atoms with E-state index in [4.69, 9.17) is 5.73 Å². The number of piperidine rings is 1. The maximum absolute atomic E-state index is 11.3. The van der Waals surface area contributed by atoms with Crippen molar-refractivity contribution in [2.75, 3.05) is 26.7 Å². The van der Waals surface area contributed by atoms with Gasteiger partial charge in [0.1, 0.15) is 0 Å². The molecule has 0 aliphatic carbocycles. The standard InChI is InChI=1S/C10H19N3O2/c1-8(14)12(2)9-3-5-13(6-4-9)10(15)7-11/h9H,3-7,11H2,1-2H3. The summed E-state index contributed by atoms with van der Waals surface area (Å²) in [6, 6.07) is 0.268. The smallest absolute Gasteiger partial charge is 0.236 e. The molecule has 1 aliphatic rings. The molecule has 0 aromatic carbocycles. The van der Waals surface area contributed by atoms with E-state index in [1.54, 1.807) is 16.7 Å². The largest absolute Gasteiger partial charge is 0.343 e. The Morgan fingerprint density at radius 2 is 1.93 bits per heavy atom. The van der Waals surface area contributed by atoms with E-state index in [2.05, 4.69) is 0 Å². The Hall–Kier alpha value is -1.10. The van der Waals surface area contributed by atoms with Crippen LogP contribution in [-0.2, 0) is 9.59 Å². The van der Waals surface area contributed by atoms with Gasteiger partial charge in [-0.3, -0.25) is 9.59 Å². The highest BCUT2D eigenvalue weighted by molar-refractivity contribution is 5.78. The molecule has 15 heavy (non-hydrogen) atoms. The maximum atomic E-state index is 11.3. The lowest BCUT2D eigenvalue weighted by atomic mass is 10.0. The van der Waals surface area contributed by atoms with Gasteiger partial charge in [0.15, 0.2) is 0 Å². The minimum Gasteiger partial charge on any atom is -0.343 e. The third-order valence-corrected chi connectivity index (χ3v) is 3.04. The first-order valence-electron chi connectivity index (χ1n) is 5.27. The minimum atomic E-state index is -0.000993. The summed E-state index contributed by atoms with van der Waals surface area (Å²) in [7, 11) is 1.81. The number of hydrogen-bond donors (Lipinski definition) is 1. The van der Waals surface area contributed by atoms with Crippen molar-refractivity contribution in [2.24, 2.45) is 5.73 Å². The Morgan fingerprint density at radius 3 is 2.33 bits per heavy atom. The van der Waals surface area contributed by atoms with Crippen molar-refractivity contribution >= 4 is 11.8 Å². The molecule has 1 saturated heterocycles. The van der Waals surface area contributed by atoms with Crippen LogP contribution < -0.4 is 5.73 Å². The highest BCUT2D eigenvalue weighted by Crippen LogP contribution is 2.15. The molecule has 1 fully saturated rings. The SMILES string of the molecule is CC(=O)N(C)C1CCN(C(=O)CN)CC1. The van der Waals surface area contributed by atoms with Gasteiger partial charge in [0.05, 0.1) is 6.54 Å². The lowest BCUT2D eigenvalue weighted by molar-refractivity contribution is -0.133. The van der Waals surface area contributed by atoms with Gasteiger partial charge in [-0.2, -0.15) is 0 Å². The van der Waals surface area contributed by atoms with Crippen molar-refractivity contribution in [2.45, 2.75) is 25.8 Å². The van der Waals surface area contributed by atoms with Crippen molar-refractivity contribution in [3.05, 3.63) is 0 Å². The van der Waals surface area contributed by atoms with Crippen molar-refractivity contribution in [3.63, 3.8) is 0 Å². The highest BCUT2D eigenvalue weighted by atomic mass is 16.2. The Bertz CT molecular complexity index is 247. The van der Waals surface area contributed by atoms with Crippen molar-refractivity contribution < 1.29 is 9.59 Å². The van der Waals surface area contributed by atoms with Crippen LogP contribution in [-0.4, -0.2) is 54.3 Å². The zero-order chi connectivity index (χ0) is 11.4. The molecule has 2 N–H and O–H groups in total. The normalized spacial score (nSPS) is 17.7.